The third-order valence-corrected chi connectivity index (χ3v) is 7.35. The van der Waals surface area contributed by atoms with Crippen LogP contribution in [-0.2, 0) is 12.7 Å². The molecule has 2 saturated heterocycles. The van der Waals surface area contributed by atoms with Gasteiger partial charge in [0.2, 0.25) is 0 Å². The van der Waals surface area contributed by atoms with E-state index in [1.165, 1.54) is 17.7 Å². The third kappa shape index (κ3) is 7.26. The summed E-state index contributed by atoms with van der Waals surface area (Å²) < 4.78 is 44.7. The van der Waals surface area contributed by atoms with Crippen LogP contribution in [0.3, 0.4) is 0 Å². The van der Waals surface area contributed by atoms with Crippen LogP contribution in [0.4, 0.5) is 18.9 Å². The van der Waals surface area contributed by atoms with Crippen LogP contribution < -0.4 is 15.0 Å². The minimum absolute atomic E-state index is 0.0428. The number of carbonyl (C=O) groups is 1. The number of nitrogens with zero attached hydrogens (tertiary/aromatic N) is 4. The van der Waals surface area contributed by atoms with Gasteiger partial charge in [-0.25, -0.2) is 0 Å². The average molecular weight is 540 g/mol. The Morgan fingerprint density at radius 3 is 2.28 bits per heavy atom. The summed E-state index contributed by atoms with van der Waals surface area (Å²) in [5.74, 6) is 0.389. The van der Waals surface area contributed by atoms with Gasteiger partial charge < -0.3 is 15.0 Å². The van der Waals surface area contributed by atoms with Crippen LogP contribution in [0.2, 0.25) is 0 Å². The molecule has 206 valence electrons. The van der Waals surface area contributed by atoms with E-state index in [1.54, 1.807) is 30.7 Å². The number of nitrogens with one attached hydrogen (secondary N) is 1. The van der Waals surface area contributed by atoms with Gasteiger partial charge in [-0.2, -0.15) is 13.2 Å². The molecule has 0 radical (unpaired) electrons. The summed E-state index contributed by atoms with van der Waals surface area (Å²) in [6.45, 7) is 4.06. The van der Waals surface area contributed by atoms with Crippen LogP contribution in [0.1, 0.15) is 47.3 Å². The summed E-state index contributed by atoms with van der Waals surface area (Å²) in [6.07, 6.45) is 4.02. The van der Waals surface area contributed by atoms with Crippen molar-refractivity contribution in [3.05, 3.63) is 83.9 Å². The molecule has 0 atom stereocenters. The fourth-order valence-electron chi connectivity index (χ4n) is 5.14. The van der Waals surface area contributed by atoms with E-state index in [2.05, 4.69) is 25.1 Å². The molecule has 0 unspecified atom stereocenters. The number of amides is 1. The van der Waals surface area contributed by atoms with Crippen molar-refractivity contribution in [2.24, 2.45) is 0 Å². The second kappa shape index (κ2) is 12.0. The van der Waals surface area contributed by atoms with E-state index in [0.29, 0.717) is 24.5 Å². The molecular formula is C29H32F3N5O2. The van der Waals surface area contributed by atoms with Gasteiger partial charge in [-0.3, -0.25) is 19.7 Å². The smallest absolute Gasteiger partial charge is 0.416 e. The Balaban J connectivity index is 1.08. The Morgan fingerprint density at radius 2 is 1.62 bits per heavy atom. The zero-order valence-electron chi connectivity index (χ0n) is 21.6. The molecule has 7 nitrogen and oxygen atoms in total. The highest BCUT2D eigenvalue weighted by Crippen LogP contribution is 2.31. The van der Waals surface area contributed by atoms with E-state index in [-0.39, 0.29) is 18.1 Å². The fourth-order valence-corrected chi connectivity index (χ4v) is 5.14. The topological polar surface area (TPSA) is 70.6 Å². The average Bonchev–Trinajstić information content (AvgIpc) is 2.95. The molecule has 2 fully saturated rings. The van der Waals surface area contributed by atoms with Crippen molar-refractivity contribution < 1.29 is 22.7 Å². The maximum absolute atomic E-state index is 12.9. The van der Waals surface area contributed by atoms with Crippen molar-refractivity contribution in [2.45, 2.75) is 50.6 Å². The minimum atomic E-state index is -4.34. The van der Waals surface area contributed by atoms with E-state index in [9.17, 15) is 18.0 Å². The van der Waals surface area contributed by atoms with Gasteiger partial charge in [0.05, 0.1) is 5.56 Å². The number of piperidine rings is 2. The molecule has 39 heavy (non-hydrogen) atoms. The van der Waals surface area contributed by atoms with Gasteiger partial charge in [0.1, 0.15) is 17.5 Å². The molecule has 1 amide bonds. The largest absolute Gasteiger partial charge is 0.490 e. The normalized spacial score (nSPS) is 17.7. The summed E-state index contributed by atoms with van der Waals surface area (Å²) in [5, 5.41) is 3.12. The SMILES string of the molecule is O=C(NC1CCN(Cc2ccncc2)CC1)c1cc(OC2CCN(c3ccc(C(F)(F)F)cc3)CC2)ccn1. The third-order valence-electron chi connectivity index (χ3n) is 7.35. The Labute approximate surface area is 226 Å². The van der Waals surface area contributed by atoms with Gasteiger partial charge in [0.25, 0.3) is 5.91 Å². The molecule has 0 spiro atoms. The molecular weight excluding hydrogens is 507 g/mol. The summed E-state index contributed by atoms with van der Waals surface area (Å²) in [4.78, 5) is 25.6. The van der Waals surface area contributed by atoms with Gasteiger partial charge >= 0.3 is 6.18 Å². The Hall–Kier alpha value is -3.66. The van der Waals surface area contributed by atoms with E-state index in [4.69, 9.17) is 4.74 Å². The van der Waals surface area contributed by atoms with Crippen molar-refractivity contribution >= 4 is 11.6 Å². The highest BCUT2D eigenvalue weighted by molar-refractivity contribution is 5.92. The first-order valence-corrected chi connectivity index (χ1v) is 13.3. The molecule has 4 heterocycles. The zero-order valence-corrected chi connectivity index (χ0v) is 21.6. The fraction of sp³-hybridized carbons (Fsp3) is 0.414. The first-order valence-electron chi connectivity index (χ1n) is 13.3. The summed E-state index contributed by atoms with van der Waals surface area (Å²) in [5.41, 5.74) is 1.69. The molecule has 2 aliphatic rings. The zero-order chi connectivity index (χ0) is 27.2. The Morgan fingerprint density at radius 1 is 0.923 bits per heavy atom. The quantitative estimate of drug-likeness (QED) is 0.459. The van der Waals surface area contributed by atoms with Crippen molar-refractivity contribution in [1.29, 1.82) is 0 Å². The lowest BCUT2D eigenvalue weighted by atomic mass is 10.0. The highest BCUT2D eigenvalue weighted by Gasteiger charge is 2.30. The Bertz CT molecular complexity index is 1220. The second-order valence-electron chi connectivity index (χ2n) is 10.1. The van der Waals surface area contributed by atoms with Gasteiger partial charge in [0.15, 0.2) is 0 Å². The standard InChI is InChI=1S/C29H32F3N5O2/c30-29(31,32)22-1-3-24(4-2-22)37-17-10-25(11-18-37)39-26-7-14-34-27(19-26)28(38)35-23-8-15-36(16-9-23)20-21-5-12-33-13-6-21/h1-7,12-14,19,23,25H,8-11,15-18,20H2,(H,35,38). The van der Waals surface area contributed by atoms with E-state index >= 15 is 0 Å². The molecule has 0 bridgehead atoms. The molecule has 0 saturated carbocycles. The summed E-state index contributed by atoms with van der Waals surface area (Å²) in [6, 6.07) is 12.8. The number of benzene rings is 1. The maximum atomic E-state index is 12.9. The van der Waals surface area contributed by atoms with Crippen LogP contribution in [0.25, 0.3) is 0 Å². The van der Waals surface area contributed by atoms with Crippen LogP contribution in [0, 0.1) is 0 Å². The lowest BCUT2D eigenvalue weighted by molar-refractivity contribution is -0.137. The Kier molecular flexibility index (Phi) is 8.30. The van der Waals surface area contributed by atoms with Crippen molar-refractivity contribution in [2.75, 3.05) is 31.1 Å². The van der Waals surface area contributed by atoms with Crippen molar-refractivity contribution in [3.8, 4) is 5.75 Å². The predicted octanol–water partition coefficient (Wildman–Crippen LogP) is 4.94. The molecule has 0 aliphatic carbocycles. The first-order chi connectivity index (χ1) is 18.8. The van der Waals surface area contributed by atoms with Crippen LogP contribution in [0.15, 0.2) is 67.1 Å². The number of anilines is 1. The number of halogens is 3. The molecule has 3 aromatic rings. The summed E-state index contributed by atoms with van der Waals surface area (Å²) >= 11 is 0. The van der Waals surface area contributed by atoms with Crippen molar-refractivity contribution in [1.82, 2.24) is 20.2 Å². The monoisotopic (exact) mass is 539 g/mol. The van der Waals surface area contributed by atoms with Gasteiger partial charge in [-0.1, -0.05) is 0 Å². The molecule has 1 aromatic carbocycles. The van der Waals surface area contributed by atoms with E-state index in [1.807, 2.05) is 12.1 Å². The van der Waals surface area contributed by atoms with Crippen LogP contribution in [0.5, 0.6) is 5.75 Å². The number of hydrogen-bond acceptors (Lipinski definition) is 6. The van der Waals surface area contributed by atoms with E-state index < -0.39 is 11.7 Å². The minimum Gasteiger partial charge on any atom is -0.490 e. The number of aromatic nitrogens is 2. The van der Waals surface area contributed by atoms with Crippen molar-refractivity contribution in [3.63, 3.8) is 0 Å². The number of ether oxygens (including phenoxy) is 1. The van der Waals surface area contributed by atoms with Gasteiger partial charge in [-0.05, 0) is 60.9 Å². The second-order valence-corrected chi connectivity index (χ2v) is 10.1. The number of likely N-dealkylation sites (tertiary alicyclic amines) is 1. The van der Waals surface area contributed by atoms with Gasteiger partial charge in [0, 0.05) is 82.0 Å². The molecule has 2 aliphatic heterocycles. The molecule has 5 rings (SSSR count). The molecule has 10 heteroatoms. The highest BCUT2D eigenvalue weighted by atomic mass is 19.4. The summed E-state index contributed by atoms with van der Waals surface area (Å²) in [7, 11) is 0. The lowest BCUT2D eigenvalue weighted by Gasteiger charge is -2.34. The lowest BCUT2D eigenvalue weighted by Crippen LogP contribution is -2.44. The van der Waals surface area contributed by atoms with Crippen LogP contribution in [-0.4, -0.2) is 59.1 Å². The number of alkyl halides is 3. The molecule has 2 aromatic heterocycles. The predicted molar refractivity (Wildman–Crippen MR) is 142 cm³/mol. The number of pyridine rings is 2. The maximum Gasteiger partial charge on any atom is 0.416 e. The first kappa shape index (κ1) is 26.9. The number of hydrogen-bond donors (Lipinski definition) is 1. The molecule has 1 N–H and O–H groups in total. The number of carbonyl (C=O) groups excluding carboxylic acids is 1. The van der Waals surface area contributed by atoms with E-state index in [0.717, 1.165) is 63.1 Å². The number of rotatable bonds is 7. The van der Waals surface area contributed by atoms with Crippen LogP contribution >= 0.6 is 0 Å². The van der Waals surface area contributed by atoms with Gasteiger partial charge in [-0.15, -0.1) is 0 Å².